The number of guanidine groups is 1. The molecular formula is C29H24N4O7. The molecule has 0 bridgehead atoms. The van der Waals surface area contributed by atoms with Gasteiger partial charge in [0.15, 0.2) is 5.96 Å². The quantitative estimate of drug-likeness (QED) is 0.0917. The fraction of sp³-hybridized carbons (Fsp3) is 0.0690. The molecule has 0 radical (unpaired) electrons. The smallest absolute Gasteiger partial charge is 0.343 e. The van der Waals surface area contributed by atoms with Gasteiger partial charge in [0.25, 0.3) is 5.91 Å². The Morgan fingerprint density at radius 3 is 2.15 bits per heavy atom. The van der Waals surface area contributed by atoms with Crippen LogP contribution in [0, 0.1) is 0 Å². The lowest BCUT2D eigenvalue weighted by Crippen LogP contribution is -2.42. The molecule has 4 aromatic carbocycles. The number of nitrogens with two attached hydrogens (primary N) is 2. The Bertz CT molecular complexity index is 1630. The van der Waals surface area contributed by atoms with Gasteiger partial charge in [0.1, 0.15) is 11.8 Å². The molecule has 0 fully saturated rings. The number of carboxylic acids is 2. The number of carboxylic acid groups (broad SMARTS) is 2. The molecule has 0 unspecified atom stereocenters. The molecule has 0 saturated heterocycles. The van der Waals surface area contributed by atoms with Crippen LogP contribution < -0.4 is 21.5 Å². The van der Waals surface area contributed by atoms with E-state index < -0.39 is 29.9 Å². The normalized spacial score (nSPS) is 11.3. The van der Waals surface area contributed by atoms with Gasteiger partial charge in [-0.1, -0.05) is 24.3 Å². The van der Waals surface area contributed by atoms with Crippen molar-refractivity contribution in [2.75, 3.05) is 0 Å². The third kappa shape index (κ3) is 6.58. The van der Waals surface area contributed by atoms with Crippen molar-refractivity contribution in [3.63, 3.8) is 0 Å². The Balaban J connectivity index is 1.49. The van der Waals surface area contributed by atoms with Crippen molar-refractivity contribution in [2.45, 2.75) is 12.5 Å². The van der Waals surface area contributed by atoms with Crippen molar-refractivity contribution >= 4 is 46.2 Å². The number of carbonyl (C=O) groups is 4. The van der Waals surface area contributed by atoms with Crippen molar-refractivity contribution in [1.29, 1.82) is 0 Å². The molecule has 1 atom stereocenters. The number of rotatable bonds is 9. The zero-order valence-electron chi connectivity index (χ0n) is 20.9. The minimum absolute atomic E-state index is 0.0429. The van der Waals surface area contributed by atoms with E-state index in [2.05, 4.69) is 10.3 Å². The SMILES string of the molecule is NC(N)=Nc1ccc(C(=O)Oc2ccc3c(C(=O)N[C@@H](Cc4ccc(C(=O)O)cc4)C(=O)O)cccc3c2)cc1. The second-order valence-corrected chi connectivity index (χ2v) is 8.73. The molecule has 202 valence electrons. The average molecular weight is 541 g/mol. The largest absolute Gasteiger partial charge is 0.480 e. The second kappa shape index (κ2) is 11.8. The molecule has 0 aliphatic heterocycles. The summed E-state index contributed by atoms with van der Waals surface area (Å²) in [5.41, 5.74) is 12.3. The number of carbonyl (C=O) groups excluding carboxylic acids is 2. The van der Waals surface area contributed by atoms with E-state index in [-0.39, 0.29) is 34.8 Å². The second-order valence-electron chi connectivity index (χ2n) is 8.73. The Morgan fingerprint density at radius 1 is 0.850 bits per heavy atom. The van der Waals surface area contributed by atoms with Crippen molar-refractivity contribution < 1.29 is 34.1 Å². The highest BCUT2D eigenvalue weighted by Gasteiger charge is 2.22. The fourth-order valence-corrected chi connectivity index (χ4v) is 3.97. The van der Waals surface area contributed by atoms with Gasteiger partial charge in [-0.2, -0.15) is 0 Å². The maximum Gasteiger partial charge on any atom is 0.343 e. The molecule has 40 heavy (non-hydrogen) atoms. The number of esters is 1. The van der Waals surface area contributed by atoms with E-state index in [1.165, 1.54) is 42.5 Å². The number of aromatic carboxylic acids is 1. The van der Waals surface area contributed by atoms with Gasteiger partial charge in [-0.3, -0.25) is 4.79 Å². The number of benzene rings is 4. The molecule has 11 heteroatoms. The topological polar surface area (TPSA) is 194 Å². The predicted octanol–water partition coefficient (Wildman–Crippen LogP) is 3.09. The average Bonchev–Trinajstić information content (AvgIpc) is 2.92. The van der Waals surface area contributed by atoms with Crippen LogP contribution in [0.3, 0.4) is 0 Å². The molecular weight excluding hydrogens is 516 g/mol. The third-order valence-corrected chi connectivity index (χ3v) is 5.91. The molecule has 0 aliphatic rings. The third-order valence-electron chi connectivity index (χ3n) is 5.91. The van der Waals surface area contributed by atoms with Gasteiger partial charge in [-0.15, -0.1) is 0 Å². The summed E-state index contributed by atoms with van der Waals surface area (Å²) in [6, 6.07) is 20.3. The van der Waals surface area contributed by atoms with Gasteiger partial charge < -0.3 is 31.7 Å². The zero-order chi connectivity index (χ0) is 28.8. The highest BCUT2D eigenvalue weighted by Crippen LogP contribution is 2.25. The predicted molar refractivity (Wildman–Crippen MR) is 147 cm³/mol. The van der Waals surface area contributed by atoms with Gasteiger partial charge in [0.2, 0.25) is 0 Å². The number of hydrogen-bond acceptors (Lipinski definition) is 6. The van der Waals surface area contributed by atoms with Crippen molar-refractivity contribution in [1.82, 2.24) is 5.32 Å². The number of ether oxygens (including phenoxy) is 1. The lowest BCUT2D eigenvalue weighted by atomic mass is 10.0. The lowest BCUT2D eigenvalue weighted by Gasteiger charge is -2.16. The summed E-state index contributed by atoms with van der Waals surface area (Å²) in [4.78, 5) is 52.5. The van der Waals surface area contributed by atoms with Crippen molar-refractivity contribution in [2.24, 2.45) is 16.5 Å². The van der Waals surface area contributed by atoms with E-state index in [4.69, 9.17) is 21.3 Å². The van der Waals surface area contributed by atoms with E-state index in [0.29, 0.717) is 22.0 Å². The number of nitrogens with zero attached hydrogens (tertiary/aromatic N) is 1. The van der Waals surface area contributed by atoms with Gasteiger partial charge in [-0.25, -0.2) is 19.4 Å². The minimum Gasteiger partial charge on any atom is -0.480 e. The molecule has 0 aliphatic carbocycles. The summed E-state index contributed by atoms with van der Waals surface area (Å²) in [6.07, 6.45) is -0.0429. The highest BCUT2D eigenvalue weighted by atomic mass is 16.5. The zero-order valence-corrected chi connectivity index (χ0v) is 20.9. The van der Waals surface area contributed by atoms with E-state index in [1.807, 2.05) is 0 Å². The number of fused-ring (bicyclic) bond motifs is 1. The van der Waals surface area contributed by atoms with Gasteiger partial charge in [0.05, 0.1) is 16.8 Å². The number of hydrogen-bond donors (Lipinski definition) is 5. The Hall–Kier alpha value is -5.71. The Morgan fingerprint density at radius 2 is 1.52 bits per heavy atom. The van der Waals surface area contributed by atoms with Crippen LogP contribution in [0.15, 0.2) is 89.9 Å². The molecule has 4 aromatic rings. The van der Waals surface area contributed by atoms with Crippen LogP contribution in [0.1, 0.15) is 36.6 Å². The van der Waals surface area contributed by atoms with Crippen LogP contribution in [-0.4, -0.2) is 46.0 Å². The molecule has 0 heterocycles. The van der Waals surface area contributed by atoms with Crippen LogP contribution in [0.25, 0.3) is 10.8 Å². The van der Waals surface area contributed by atoms with E-state index in [0.717, 1.165) is 0 Å². The van der Waals surface area contributed by atoms with Crippen LogP contribution in [0.4, 0.5) is 5.69 Å². The van der Waals surface area contributed by atoms with Crippen LogP contribution in [-0.2, 0) is 11.2 Å². The maximum atomic E-state index is 13.1. The van der Waals surface area contributed by atoms with Gasteiger partial charge in [-0.05, 0) is 77.0 Å². The highest BCUT2D eigenvalue weighted by molar-refractivity contribution is 6.08. The maximum absolute atomic E-state index is 13.1. The van der Waals surface area contributed by atoms with Crippen molar-refractivity contribution in [3.05, 3.63) is 107 Å². The van der Waals surface area contributed by atoms with Crippen LogP contribution in [0.2, 0.25) is 0 Å². The molecule has 0 aromatic heterocycles. The fourth-order valence-electron chi connectivity index (χ4n) is 3.97. The summed E-state index contributed by atoms with van der Waals surface area (Å²) in [6.45, 7) is 0. The standard InChI is InChI=1S/C29H24N4O7/c30-29(31)32-20-10-8-18(9-11-20)28(39)40-21-12-13-22-19(15-21)2-1-3-23(22)25(34)33-24(27(37)38)14-16-4-6-17(7-5-16)26(35)36/h1-13,15,24H,14H2,(H,33,34)(H,35,36)(H,37,38)(H4,30,31,32)/t24-/m0/s1. The number of nitrogens with one attached hydrogen (secondary N) is 1. The number of amides is 1. The lowest BCUT2D eigenvalue weighted by molar-refractivity contribution is -0.139. The van der Waals surface area contributed by atoms with E-state index in [9.17, 15) is 24.3 Å². The van der Waals surface area contributed by atoms with Crippen LogP contribution in [0.5, 0.6) is 5.75 Å². The van der Waals surface area contributed by atoms with Crippen LogP contribution >= 0.6 is 0 Å². The van der Waals surface area contributed by atoms with Gasteiger partial charge >= 0.3 is 17.9 Å². The molecule has 11 nitrogen and oxygen atoms in total. The Labute approximate surface area is 227 Å². The monoisotopic (exact) mass is 540 g/mol. The summed E-state index contributed by atoms with van der Waals surface area (Å²) in [5.74, 6) is -3.41. The first-order valence-corrected chi connectivity index (χ1v) is 11.9. The molecule has 0 saturated carbocycles. The minimum atomic E-state index is -1.25. The first-order chi connectivity index (χ1) is 19.1. The number of aliphatic carboxylic acids is 1. The summed E-state index contributed by atoms with van der Waals surface area (Å²) in [7, 11) is 0. The van der Waals surface area contributed by atoms with E-state index in [1.54, 1.807) is 42.5 Å². The Kier molecular flexibility index (Phi) is 8.05. The van der Waals surface area contributed by atoms with E-state index >= 15 is 0 Å². The van der Waals surface area contributed by atoms with Gasteiger partial charge in [0, 0.05) is 12.0 Å². The summed E-state index contributed by atoms with van der Waals surface area (Å²) in [5, 5.41) is 22.4. The summed E-state index contributed by atoms with van der Waals surface area (Å²) >= 11 is 0. The number of aliphatic imine (C=N–C) groups is 1. The summed E-state index contributed by atoms with van der Waals surface area (Å²) < 4.78 is 5.48. The molecule has 1 amide bonds. The molecule has 7 N–H and O–H groups in total. The first-order valence-electron chi connectivity index (χ1n) is 11.9. The first kappa shape index (κ1) is 27.3. The molecule has 4 rings (SSSR count). The van der Waals surface area contributed by atoms with Crippen molar-refractivity contribution in [3.8, 4) is 5.75 Å². The molecule has 0 spiro atoms.